The molecule has 1 aliphatic rings. The first-order valence-electron chi connectivity index (χ1n) is 9.65. The van der Waals surface area contributed by atoms with Crippen LogP contribution in [0.15, 0.2) is 58.4 Å². The van der Waals surface area contributed by atoms with Crippen LogP contribution in [0.2, 0.25) is 15.1 Å². The number of nitrogens with two attached hydrogens (primary N) is 1. The van der Waals surface area contributed by atoms with Crippen molar-refractivity contribution in [2.75, 3.05) is 7.05 Å². The normalized spacial score (nSPS) is 17.4. The molecule has 12 heteroatoms. The standard InChI is InChI=1S/C22H14Cl3F3N4O2/c1-32(17-7-6-13(24)8-16(17)25)18(11-2-4-12(23)5-3-11)14-9-15(19(29)33)21(34)31(20(14)30-32)10-22(26,27)28/h2-9H,10H2,1H3,(H-,29,33)/p+1. The summed E-state index contributed by atoms with van der Waals surface area (Å²) in [5.41, 5.74) is 4.52. The van der Waals surface area contributed by atoms with Crippen molar-refractivity contribution in [3.05, 3.63) is 95.8 Å². The molecule has 0 saturated heterocycles. The Morgan fingerprint density at radius 2 is 1.68 bits per heavy atom. The Bertz CT molecular complexity index is 1520. The number of quaternary nitrogens is 1. The van der Waals surface area contributed by atoms with Gasteiger partial charge in [-0.25, -0.2) is 0 Å². The third-order valence-electron chi connectivity index (χ3n) is 5.35. The Labute approximate surface area is 205 Å². The molecule has 1 aliphatic heterocycles. The first-order chi connectivity index (χ1) is 15.8. The molecule has 34 heavy (non-hydrogen) atoms. The van der Waals surface area contributed by atoms with Crippen molar-refractivity contribution in [2.45, 2.75) is 12.7 Å². The number of hydrogen-bond donors (Lipinski definition) is 1. The molecule has 6 nitrogen and oxygen atoms in total. The lowest BCUT2D eigenvalue weighted by molar-refractivity contribution is -0.141. The van der Waals surface area contributed by atoms with Crippen LogP contribution in [0.25, 0.3) is 5.70 Å². The van der Waals surface area contributed by atoms with E-state index in [1.54, 1.807) is 43.4 Å². The van der Waals surface area contributed by atoms with Crippen LogP contribution in [-0.4, -0.2) is 23.7 Å². The van der Waals surface area contributed by atoms with Crippen molar-refractivity contribution < 1.29 is 18.0 Å². The first-order valence-corrected chi connectivity index (χ1v) is 10.8. The molecular formula is C22H15Cl3F3N4O2+. The van der Waals surface area contributed by atoms with Gasteiger partial charge >= 0.3 is 6.18 Å². The summed E-state index contributed by atoms with van der Waals surface area (Å²) in [6.07, 6.45) is -4.77. The number of pyridine rings is 1. The van der Waals surface area contributed by atoms with Gasteiger partial charge in [-0.3, -0.25) is 14.2 Å². The van der Waals surface area contributed by atoms with E-state index in [2.05, 4.69) is 5.10 Å². The van der Waals surface area contributed by atoms with Gasteiger partial charge in [0, 0.05) is 21.7 Å². The minimum absolute atomic E-state index is 0.119. The summed E-state index contributed by atoms with van der Waals surface area (Å²) in [6.45, 7) is -1.67. The molecule has 0 bridgehead atoms. The molecule has 1 unspecified atom stereocenters. The van der Waals surface area contributed by atoms with E-state index in [9.17, 15) is 22.8 Å². The van der Waals surface area contributed by atoms with Crippen molar-refractivity contribution in [1.82, 2.24) is 9.16 Å². The van der Waals surface area contributed by atoms with E-state index in [1.165, 1.54) is 6.07 Å². The van der Waals surface area contributed by atoms with E-state index < -0.39 is 34.3 Å². The van der Waals surface area contributed by atoms with E-state index in [4.69, 9.17) is 40.5 Å². The minimum Gasteiger partial charge on any atom is -0.365 e. The molecule has 3 aromatic rings. The predicted octanol–water partition coefficient (Wildman–Crippen LogP) is 3.81. The summed E-state index contributed by atoms with van der Waals surface area (Å²) < 4.78 is 40.2. The fraction of sp³-hybridized carbons (Fsp3) is 0.136. The summed E-state index contributed by atoms with van der Waals surface area (Å²) in [6, 6.07) is 12.2. The highest BCUT2D eigenvalue weighted by molar-refractivity contribution is 6.36. The summed E-state index contributed by atoms with van der Waals surface area (Å²) in [7, 11) is 1.59. The SMILES string of the molecule is C[N+]1(c2ccc(Cl)cc2Cl)N=c2c(cc(C(N)=O)c(=O)n2CC(F)(F)F)=C1c1ccc(Cl)cc1. The van der Waals surface area contributed by atoms with Crippen molar-refractivity contribution >= 4 is 52.1 Å². The van der Waals surface area contributed by atoms with Gasteiger partial charge in [0.05, 0.1) is 5.22 Å². The van der Waals surface area contributed by atoms with Crippen LogP contribution in [0.5, 0.6) is 0 Å². The molecule has 2 N–H and O–H groups in total. The minimum atomic E-state index is -4.77. The van der Waals surface area contributed by atoms with E-state index in [-0.39, 0.29) is 15.7 Å². The van der Waals surface area contributed by atoms with Crippen LogP contribution in [0.4, 0.5) is 18.9 Å². The average molecular weight is 531 g/mol. The Morgan fingerprint density at radius 3 is 2.24 bits per heavy atom. The number of carbonyl (C=O) groups excluding carboxylic acids is 1. The molecule has 1 atom stereocenters. The lowest BCUT2D eigenvalue weighted by atomic mass is 10.1. The Balaban J connectivity index is 2.21. The number of carbonyl (C=O) groups is 1. The zero-order valence-electron chi connectivity index (χ0n) is 17.3. The Morgan fingerprint density at radius 1 is 1.06 bits per heavy atom. The third kappa shape index (κ3) is 4.20. The maximum absolute atomic E-state index is 13.4. The van der Waals surface area contributed by atoms with E-state index in [1.807, 2.05) is 0 Å². The lowest BCUT2D eigenvalue weighted by Gasteiger charge is -2.27. The second-order valence-electron chi connectivity index (χ2n) is 7.68. The first kappa shape index (κ1) is 24.3. The number of hydrogen-bond acceptors (Lipinski definition) is 3. The predicted molar refractivity (Wildman–Crippen MR) is 124 cm³/mol. The molecule has 2 aromatic carbocycles. The molecule has 0 aliphatic carbocycles. The molecule has 176 valence electrons. The maximum atomic E-state index is 13.4. The van der Waals surface area contributed by atoms with Gasteiger partial charge in [0.1, 0.15) is 24.2 Å². The number of primary amides is 1. The molecule has 0 saturated carbocycles. The van der Waals surface area contributed by atoms with Crippen LogP contribution in [0.1, 0.15) is 15.9 Å². The molecule has 1 aromatic heterocycles. The van der Waals surface area contributed by atoms with Crippen molar-refractivity contribution in [1.29, 1.82) is 0 Å². The van der Waals surface area contributed by atoms with Crippen molar-refractivity contribution in [2.24, 2.45) is 10.8 Å². The molecule has 0 radical (unpaired) electrons. The highest BCUT2D eigenvalue weighted by Crippen LogP contribution is 2.39. The van der Waals surface area contributed by atoms with E-state index >= 15 is 0 Å². The number of amides is 1. The van der Waals surface area contributed by atoms with Crippen LogP contribution < -0.4 is 26.6 Å². The molecule has 0 fully saturated rings. The van der Waals surface area contributed by atoms with Crippen LogP contribution >= 0.6 is 34.8 Å². The van der Waals surface area contributed by atoms with Gasteiger partial charge in [-0.2, -0.15) is 13.2 Å². The zero-order valence-corrected chi connectivity index (χ0v) is 19.6. The van der Waals surface area contributed by atoms with Gasteiger partial charge < -0.3 is 5.73 Å². The van der Waals surface area contributed by atoms with Gasteiger partial charge in [-0.15, -0.1) is 4.59 Å². The number of fused-ring (bicyclic) bond motifs is 1. The number of nitrogens with zero attached hydrogens (tertiary/aromatic N) is 3. The number of halogens is 6. The summed E-state index contributed by atoms with van der Waals surface area (Å²) in [5.74, 6) is -1.16. The van der Waals surface area contributed by atoms with Crippen molar-refractivity contribution in [3.8, 4) is 0 Å². The largest absolute Gasteiger partial charge is 0.406 e. The van der Waals surface area contributed by atoms with Crippen LogP contribution in [0, 0.1) is 0 Å². The molecule has 2 heterocycles. The van der Waals surface area contributed by atoms with Crippen molar-refractivity contribution in [3.63, 3.8) is 0 Å². The van der Waals surface area contributed by atoms with E-state index in [0.29, 0.717) is 31.6 Å². The number of alkyl halides is 3. The van der Waals surface area contributed by atoms with E-state index in [0.717, 1.165) is 6.07 Å². The maximum Gasteiger partial charge on any atom is 0.406 e. The monoisotopic (exact) mass is 529 g/mol. The number of aromatic nitrogens is 1. The zero-order chi connectivity index (χ0) is 25.0. The fourth-order valence-electron chi connectivity index (χ4n) is 3.94. The average Bonchev–Trinajstić information content (AvgIpc) is 3.02. The second-order valence-corrected chi connectivity index (χ2v) is 8.96. The van der Waals surface area contributed by atoms with Gasteiger partial charge in [-0.05, 0) is 42.5 Å². The lowest BCUT2D eigenvalue weighted by Crippen LogP contribution is -2.48. The molecule has 0 spiro atoms. The van der Waals surface area contributed by atoms with Gasteiger partial charge in [-0.1, -0.05) is 39.9 Å². The highest BCUT2D eigenvalue weighted by atomic mass is 35.5. The van der Waals surface area contributed by atoms with Gasteiger partial charge in [0.2, 0.25) is 5.49 Å². The quantitative estimate of drug-likeness (QED) is 0.521. The fourth-order valence-corrected chi connectivity index (χ4v) is 4.64. The summed E-state index contributed by atoms with van der Waals surface area (Å²) >= 11 is 18.5. The second kappa shape index (κ2) is 8.42. The molecular weight excluding hydrogens is 516 g/mol. The van der Waals surface area contributed by atoms with Crippen LogP contribution in [-0.2, 0) is 6.54 Å². The van der Waals surface area contributed by atoms with Gasteiger partial charge in [0.15, 0.2) is 11.4 Å². The molecule has 1 amide bonds. The molecule has 4 rings (SSSR count). The van der Waals surface area contributed by atoms with Crippen LogP contribution in [0.3, 0.4) is 0 Å². The summed E-state index contributed by atoms with van der Waals surface area (Å²) in [4.78, 5) is 24.8. The van der Waals surface area contributed by atoms with Gasteiger partial charge in [0.25, 0.3) is 11.5 Å². The number of benzene rings is 2. The topological polar surface area (TPSA) is 77.4 Å². The summed E-state index contributed by atoms with van der Waals surface area (Å²) in [5, 5.41) is 5.60. The number of rotatable bonds is 4. The Kier molecular flexibility index (Phi) is 6.02. The smallest absolute Gasteiger partial charge is 0.365 e. The third-order valence-corrected chi connectivity index (χ3v) is 6.14. The highest BCUT2D eigenvalue weighted by Gasteiger charge is 2.42. The Hall–Kier alpha value is -2.85.